The Morgan fingerprint density at radius 3 is 2.81 bits per heavy atom. The van der Waals surface area contributed by atoms with Gasteiger partial charge in [-0.3, -0.25) is 23.2 Å². The van der Waals surface area contributed by atoms with Gasteiger partial charge < -0.3 is 19.7 Å². The maximum Gasteiger partial charge on any atom is 0.472 e. The highest BCUT2D eigenvalue weighted by Gasteiger charge is 2.55. The van der Waals surface area contributed by atoms with Crippen molar-refractivity contribution in [2.75, 3.05) is 11.9 Å². The van der Waals surface area contributed by atoms with Crippen LogP contribution in [0.15, 0.2) is 12.7 Å². The van der Waals surface area contributed by atoms with Gasteiger partial charge in [-0.25, -0.2) is 19.5 Å². The fourth-order valence-corrected chi connectivity index (χ4v) is 4.60. The molecule has 2 aromatic heterocycles. The van der Waals surface area contributed by atoms with Crippen LogP contribution in [0.25, 0.3) is 11.2 Å². The number of esters is 1. The van der Waals surface area contributed by atoms with Gasteiger partial charge in [-0.15, -0.1) is 0 Å². The number of carbonyl (C=O) groups is 2. The van der Waals surface area contributed by atoms with Crippen LogP contribution in [0.2, 0.25) is 0 Å². The summed E-state index contributed by atoms with van der Waals surface area (Å²) in [5, 5.41) is 2.70. The minimum absolute atomic E-state index is 0.161. The van der Waals surface area contributed by atoms with Crippen LogP contribution in [-0.4, -0.2) is 61.2 Å². The summed E-state index contributed by atoms with van der Waals surface area (Å²) in [4.78, 5) is 46.7. The Balaban J connectivity index is 1.68. The Kier molecular flexibility index (Phi) is 6.54. The topological polar surface area (TPSA) is 164 Å². The zero-order chi connectivity index (χ0) is 22.9. The maximum absolute atomic E-state index is 12.3. The normalized spacial score (nSPS) is 29.6. The van der Waals surface area contributed by atoms with Crippen molar-refractivity contribution in [1.82, 2.24) is 19.5 Å². The van der Waals surface area contributed by atoms with Gasteiger partial charge in [0.05, 0.1) is 12.9 Å². The van der Waals surface area contributed by atoms with E-state index >= 15 is 0 Å². The number of nitrogens with zero attached hydrogens (tertiary/aromatic N) is 4. The van der Waals surface area contributed by atoms with Gasteiger partial charge >= 0.3 is 13.8 Å². The van der Waals surface area contributed by atoms with E-state index in [0.29, 0.717) is 30.4 Å². The lowest BCUT2D eigenvalue weighted by Gasteiger charge is -2.29. The van der Waals surface area contributed by atoms with Crippen LogP contribution in [0.4, 0.5) is 5.82 Å². The maximum atomic E-state index is 12.3. The molecule has 4 heterocycles. The van der Waals surface area contributed by atoms with E-state index in [-0.39, 0.29) is 24.8 Å². The molecule has 0 saturated carbocycles. The molecule has 4 rings (SSSR count). The second kappa shape index (κ2) is 9.20. The molecule has 2 N–H and O–H groups in total. The van der Waals surface area contributed by atoms with Crippen LogP contribution in [-0.2, 0) is 32.7 Å². The van der Waals surface area contributed by atoms with E-state index < -0.39 is 38.3 Å². The molecule has 2 saturated heterocycles. The summed E-state index contributed by atoms with van der Waals surface area (Å²) in [5.74, 6) is -0.469. The largest absolute Gasteiger partial charge is 0.472 e. The SMILES string of the molecule is CCCC(=O)Nc1ncnc2c1ncn2[C@@H]1O[C@@H]2COP(=O)(O)O[C@@H]2C1OC(=O)CCC. The Morgan fingerprint density at radius 2 is 2.06 bits per heavy atom. The number of phosphoric ester groups is 1. The average molecular weight is 469 g/mol. The van der Waals surface area contributed by atoms with Crippen molar-refractivity contribution in [3.63, 3.8) is 0 Å². The molecule has 2 fully saturated rings. The van der Waals surface area contributed by atoms with Crippen molar-refractivity contribution >= 4 is 36.7 Å². The molecule has 0 radical (unpaired) electrons. The second-order valence-electron chi connectivity index (χ2n) is 7.45. The Labute approximate surface area is 183 Å². The Morgan fingerprint density at radius 1 is 1.28 bits per heavy atom. The van der Waals surface area contributed by atoms with Crippen molar-refractivity contribution in [1.29, 1.82) is 0 Å². The zero-order valence-electron chi connectivity index (χ0n) is 17.5. The number of amides is 1. The number of imidazole rings is 1. The third-order valence-corrected chi connectivity index (χ3v) is 6.02. The summed E-state index contributed by atoms with van der Waals surface area (Å²) >= 11 is 0. The lowest BCUT2D eigenvalue weighted by atomic mass is 10.1. The molecular formula is C18H24N5O8P. The minimum atomic E-state index is -4.30. The number of nitrogens with one attached hydrogen (secondary N) is 1. The molecule has 14 heteroatoms. The van der Waals surface area contributed by atoms with Gasteiger partial charge in [0.2, 0.25) is 5.91 Å². The highest BCUT2D eigenvalue weighted by atomic mass is 31.2. The first-order chi connectivity index (χ1) is 15.3. The fraction of sp³-hybridized carbons (Fsp3) is 0.611. The number of anilines is 1. The summed E-state index contributed by atoms with van der Waals surface area (Å²) in [6.07, 6.45) is 0.639. The van der Waals surface area contributed by atoms with Crippen molar-refractivity contribution in [2.24, 2.45) is 0 Å². The van der Waals surface area contributed by atoms with Crippen LogP contribution in [0.1, 0.15) is 45.8 Å². The zero-order valence-corrected chi connectivity index (χ0v) is 18.4. The second-order valence-corrected chi connectivity index (χ2v) is 8.85. The monoisotopic (exact) mass is 469 g/mol. The van der Waals surface area contributed by atoms with Gasteiger partial charge in [0, 0.05) is 12.8 Å². The van der Waals surface area contributed by atoms with Crippen LogP contribution in [0.5, 0.6) is 0 Å². The van der Waals surface area contributed by atoms with E-state index in [1.54, 1.807) is 0 Å². The number of aromatic nitrogens is 4. The first-order valence-electron chi connectivity index (χ1n) is 10.3. The lowest BCUT2D eigenvalue weighted by molar-refractivity contribution is -0.158. The molecule has 174 valence electrons. The molecule has 1 amide bonds. The number of phosphoric acid groups is 1. The molecule has 5 atom stereocenters. The van der Waals surface area contributed by atoms with Gasteiger partial charge in [0.15, 0.2) is 29.3 Å². The first-order valence-corrected chi connectivity index (χ1v) is 11.8. The van der Waals surface area contributed by atoms with Gasteiger partial charge in [0.1, 0.15) is 18.5 Å². The Hall–Kier alpha value is -2.44. The van der Waals surface area contributed by atoms with Gasteiger partial charge in [0.25, 0.3) is 0 Å². The number of carbonyl (C=O) groups excluding carboxylic acids is 2. The minimum Gasteiger partial charge on any atom is -0.455 e. The van der Waals surface area contributed by atoms with E-state index in [1.165, 1.54) is 17.2 Å². The van der Waals surface area contributed by atoms with Crippen LogP contribution in [0.3, 0.4) is 0 Å². The predicted octanol–water partition coefficient (Wildman–Crippen LogP) is 1.69. The highest BCUT2D eigenvalue weighted by Crippen LogP contribution is 2.53. The third-order valence-electron chi connectivity index (χ3n) is 5.03. The number of hydrogen-bond acceptors (Lipinski definition) is 10. The highest BCUT2D eigenvalue weighted by molar-refractivity contribution is 7.47. The number of rotatable bonds is 7. The van der Waals surface area contributed by atoms with E-state index in [2.05, 4.69) is 20.3 Å². The van der Waals surface area contributed by atoms with Crippen molar-refractivity contribution < 1.29 is 37.6 Å². The van der Waals surface area contributed by atoms with Crippen LogP contribution >= 0.6 is 7.82 Å². The molecule has 0 spiro atoms. The summed E-state index contributed by atoms with van der Waals surface area (Å²) in [7, 11) is -4.30. The number of fused-ring (bicyclic) bond motifs is 2. The smallest absolute Gasteiger partial charge is 0.455 e. The number of hydrogen-bond donors (Lipinski definition) is 2. The molecule has 2 aromatic rings. The molecule has 13 nitrogen and oxygen atoms in total. The van der Waals surface area contributed by atoms with Crippen molar-refractivity contribution in [3.8, 4) is 0 Å². The molecule has 0 bridgehead atoms. The molecule has 2 aliphatic rings. The van der Waals surface area contributed by atoms with Gasteiger partial charge in [-0.1, -0.05) is 13.8 Å². The fourth-order valence-electron chi connectivity index (χ4n) is 3.64. The summed E-state index contributed by atoms with van der Waals surface area (Å²) in [5.41, 5.74) is 0.638. The first kappa shape index (κ1) is 22.7. The number of ether oxygens (including phenoxy) is 2. The predicted molar refractivity (Wildman–Crippen MR) is 108 cm³/mol. The molecule has 2 unspecified atom stereocenters. The van der Waals surface area contributed by atoms with Gasteiger partial charge in [-0.2, -0.15) is 0 Å². The van der Waals surface area contributed by atoms with Crippen molar-refractivity contribution in [2.45, 2.75) is 64.1 Å². The van der Waals surface area contributed by atoms with Crippen LogP contribution in [0, 0.1) is 0 Å². The average Bonchev–Trinajstić information content (AvgIpc) is 3.30. The molecule has 32 heavy (non-hydrogen) atoms. The van der Waals surface area contributed by atoms with E-state index in [4.69, 9.17) is 18.5 Å². The van der Waals surface area contributed by atoms with Crippen molar-refractivity contribution in [3.05, 3.63) is 12.7 Å². The summed E-state index contributed by atoms with van der Waals surface area (Å²) in [6, 6.07) is 0. The quantitative estimate of drug-likeness (QED) is 0.448. The Bertz CT molecular complexity index is 1060. The summed E-state index contributed by atoms with van der Waals surface area (Å²) in [6.45, 7) is 3.50. The molecule has 2 aliphatic heterocycles. The lowest BCUT2D eigenvalue weighted by Crippen LogP contribution is -2.41. The van der Waals surface area contributed by atoms with E-state index in [9.17, 15) is 19.0 Å². The molecule has 0 aliphatic carbocycles. The van der Waals surface area contributed by atoms with E-state index in [0.717, 1.165) is 0 Å². The van der Waals surface area contributed by atoms with Gasteiger partial charge in [-0.05, 0) is 12.8 Å². The van der Waals surface area contributed by atoms with E-state index in [1.807, 2.05) is 13.8 Å². The standard InChI is InChI=1S/C18H24N5O8P/c1-3-5-11(24)22-16-13-17(20-8-19-16)23(9-21-13)18-15(30-12(25)6-4-2)14-10(29-18)7-28-32(26,27)31-14/h8-10,14-15,18H,3-7H2,1-2H3,(H,26,27)(H,19,20,22,24)/t10-,14+,15?,18-/m1/s1. The molecule has 0 aromatic carbocycles. The summed E-state index contributed by atoms with van der Waals surface area (Å²) < 4.78 is 35.1. The van der Waals surface area contributed by atoms with Crippen LogP contribution < -0.4 is 5.32 Å². The molecular weight excluding hydrogens is 445 g/mol. The third kappa shape index (κ3) is 4.52.